The molecule has 1 aromatic carbocycles. The zero-order valence-corrected chi connectivity index (χ0v) is 9.77. The van der Waals surface area contributed by atoms with E-state index in [1.54, 1.807) is 6.07 Å². The molecule has 0 saturated heterocycles. The molecule has 0 unspecified atom stereocenters. The van der Waals surface area contributed by atoms with Crippen LogP contribution in [0.5, 0.6) is 5.75 Å². The lowest BCUT2D eigenvalue weighted by molar-refractivity contribution is -0.385. The van der Waals surface area contributed by atoms with E-state index in [9.17, 15) is 14.9 Å². The summed E-state index contributed by atoms with van der Waals surface area (Å²) in [4.78, 5) is 21.6. The summed E-state index contributed by atoms with van der Waals surface area (Å²) >= 11 is 3.13. The van der Waals surface area contributed by atoms with Gasteiger partial charge in [-0.3, -0.25) is 14.9 Å². The standard InChI is InChI=1S/C10H8BrNO4/c11-7-2-1-3-8(12(14)15)9(7)16-10(13)6-4-5-6/h1-3,6H,4-5H2. The van der Waals surface area contributed by atoms with Crippen LogP contribution in [-0.4, -0.2) is 10.9 Å². The van der Waals surface area contributed by atoms with Crippen LogP contribution in [0.3, 0.4) is 0 Å². The largest absolute Gasteiger partial charge is 0.418 e. The number of hydrogen-bond acceptors (Lipinski definition) is 4. The third-order valence-corrected chi connectivity index (χ3v) is 2.88. The molecule has 6 heteroatoms. The van der Waals surface area contributed by atoms with E-state index in [1.165, 1.54) is 12.1 Å². The second-order valence-corrected chi connectivity index (χ2v) is 4.39. The van der Waals surface area contributed by atoms with Gasteiger partial charge in [-0.05, 0) is 34.8 Å². The molecule has 0 amide bonds. The van der Waals surface area contributed by atoms with Crippen LogP contribution in [0.4, 0.5) is 5.69 Å². The summed E-state index contributed by atoms with van der Waals surface area (Å²) in [5.74, 6) is -0.494. The van der Waals surface area contributed by atoms with Gasteiger partial charge in [0, 0.05) is 6.07 Å². The summed E-state index contributed by atoms with van der Waals surface area (Å²) in [6, 6.07) is 4.43. The molecule has 1 fully saturated rings. The van der Waals surface area contributed by atoms with Gasteiger partial charge in [0.15, 0.2) is 0 Å². The number of ether oxygens (including phenoxy) is 1. The number of esters is 1. The van der Waals surface area contributed by atoms with Crippen molar-refractivity contribution in [3.63, 3.8) is 0 Å². The van der Waals surface area contributed by atoms with Crippen LogP contribution in [0.2, 0.25) is 0 Å². The van der Waals surface area contributed by atoms with Gasteiger partial charge in [0.2, 0.25) is 5.75 Å². The van der Waals surface area contributed by atoms with E-state index in [0.717, 1.165) is 12.8 Å². The maximum absolute atomic E-state index is 11.4. The number of hydrogen-bond donors (Lipinski definition) is 0. The molecule has 1 aromatic rings. The highest BCUT2D eigenvalue weighted by atomic mass is 79.9. The Morgan fingerprint density at radius 1 is 1.50 bits per heavy atom. The van der Waals surface area contributed by atoms with E-state index in [1.807, 2.05) is 0 Å². The first-order chi connectivity index (χ1) is 7.59. The number of carbonyl (C=O) groups excluding carboxylic acids is 1. The quantitative estimate of drug-likeness (QED) is 0.371. The van der Waals surface area contributed by atoms with E-state index in [2.05, 4.69) is 15.9 Å². The molecule has 0 N–H and O–H groups in total. The molecule has 0 heterocycles. The van der Waals surface area contributed by atoms with Gasteiger partial charge in [-0.25, -0.2) is 0 Å². The highest BCUT2D eigenvalue weighted by Gasteiger charge is 2.33. The predicted octanol–water partition coefficient (Wildman–Crippen LogP) is 2.67. The molecule has 0 spiro atoms. The minimum Gasteiger partial charge on any atom is -0.418 e. The lowest BCUT2D eigenvalue weighted by atomic mass is 10.3. The van der Waals surface area contributed by atoms with Gasteiger partial charge in [-0.15, -0.1) is 0 Å². The number of nitro benzene ring substituents is 1. The second kappa shape index (κ2) is 4.21. The minimum atomic E-state index is -0.569. The molecule has 84 valence electrons. The van der Waals surface area contributed by atoms with Crippen LogP contribution in [0.1, 0.15) is 12.8 Å². The monoisotopic (exact) mass is 285 g/mol. The van der Waals surface area contributed by atoms with Crippen molar-refractivity contribution >= 4 is 27.6 Å². The van der Waals surface area contributed by atoms with Crippen molar-refractivity contribution in [3.8, 4) is 5.75 Å². The van der Waals surface area contributed by atoms with Crippen molar-refractivity contribution in [1.82, 2.24) is 0 Å². The van der Waals surface area contributed by atoms with E-state index >= 15 is 0 Å². The van der Waals surface area contributed by atoms with Crippen LogP contribution in [0.15, 0.2) is 22.7 Å². The molecule has 1 aliphatic rings. The topological polar surface area (TPSA) is 69.4 Å². The van der Waals surface area contributed by atoms with Crippen LogP contribution < -0.4 is 4.74 Å². The van der Waals surface area contributed by atoms with Crippen molar-refractivity contribution in [2.45, 2.75) is 12.8 Å². The molecule has 16 heavy (non-hydrogen) atoms. The number of carbonyl (C=O) groups is 1. The first-order valence-corrected chi connectivity index (χ1v) is 5.53. The molecular formula is C10H8BrNO4. The number of benzene rings is 1. The number of rotatable bonds is 3. The fourth-order valence-electron chi connectivity index (χ4n) is 1.25. The fraction of sp³-hybridized carbons (Fsp3) is 0.300. The van der Waals surface area contributed by atoms with Crippen LogP contribution in [0, 0.1) is 16.0 Å². The lowest BCUT2D eigenvalue weighted by Gasteiger charge is -2.05. The Hall–Kier alpha value is -1.43. The Morgan fingerprint density at radius 2 is 2.19 bits per heavy atom. The zero-order chi connectivity index (χ0) is 11.7. The summed E-state index contributed by atoms with van der Waals surface area (Å²) in [5.41, 5.74) is -0.205. The number of halogens is 1. The van der Waals surface area contributed by atoms with Gasteiger partial charge >= 0.3 is 11.7 Å². The Balaban J connectivity index is 2.29. The van der Waals surface area contributed by atoms with Crippen LogP contribution in [-0.2, 0) is 4.79 Å². The Labute approximate surface area is 99.7 Å². The molecule has 0 bridgehead atoms. The van der Waals surface area contributed by atoms with Gasteiger partial charge in [0.1, 0.15) is 0 Å². The van der Waals surface area contributed by atoms with E-state index < -0.39 is 10.9 Å². The Bertz CT molecular complexity index is 456. The maximum Gasteiger partial charge on any atom is 0.314 e. The molecular weight excluding hydrogens is 278 g/mol. The van der Waals surface area contributed by atoms with E-state index in [-0.39, 0.29) is 17.4 Å². The molecule has 0 aliphatic heterocycles. The van der Waals surface area contributed by atoms with Gasteiger partial charge < -0.3 is 4.74 Å². The highest BCUT2D eigenvalue weighted by Crippen LogP contribution is 2.37. The minimum absolute atomic E-state index is 0.00981. The Kier molecular flexibility index (Phi) is 2.91. The van der Waals surface area contributed by atoms with Crippen molar-refractivity contribution < 1.29 is 14.5 Å². The van der Waals surface area contributed by atoms with E-state index in [0.29, 0.717) is 4.47 Å². The molecule has 1 saturated carbocycles. The van der Waals surface area contributed by atoms with Gasteiger partial charge in [0.05, 0.1) is 15.3 Å². The fourth-order valence-corrected chi connectivity index (χ4v) is 1.68. The first-order valence-electron chi connectivity index (χ1n) is 4.74. The average molecular weight is 286 g/mol. The van der Waals surface area contributed by atoms with Crippen molar-refractivity contribution in [1.29, 1.82) is 0 Å². The number of nitrogens with zero attached hydrogens (tertiary/aromatic N) is 1. The summed E-state index contributed by atoms with van der Waals surface area (Å²) < 4.78 is 5.45. The molecule has 0 atom stereocenters. The summed E-state index contributed by atoms with van der Waals surface area (Å²) in [5, 5.41) is 10.7. The average Bonchev–Trinajstić information content (AvgIpc) is 3.03. The maximum atomic E-state index is 11.4. The summed E-state index contributed by atoms with van der Waals surface area (Å²) in [7, 11) is 0. The third-order valence-electron chi connectivity index (χ3n) is 2.26. The molecule has 0 radical (unpaired) electrons. The molecule has 0 aromatic heterocycles. The van der Waals surface area contributed by atoms with Gasteiger partial charge in [-0.2, -0.15) is 0 Å². The molecule has 2 rings (SSSR count). The van der Waals surface area contributed by atoms with Crippen LogP contribution in [0.25, 0.3) is 0 Å². The second-order valence-electron chi connectivity index (χ2n) is 3.54. The van der Waals surface area contributed by atoms with Crippen molar-refractivity contribution in [2.24, 2.45) is 5.92 Å². The molecule has 5 nitrogen and oxygen atoms in total. The molecule has 1 aliphatic carbocycles. The van der Waals surface area contributed by atoms with Crippen molar-refractivity contribution in [2.75, 3.05) is 0 Å². The highest BCUT2D eigenvalue weighted by molar-refractivity contribution is 9.10. The summed E-state index contributed by atoms with van der Waals surface area (Å²) in [6.45, 7) is 0. The zero-order valence-electron chi connectivity index (χ0n) is 8.18. The normalized spacial score (nSPS) is 14.6. The van der Waals surface area contributed by atoms with Crippen LogP contribution >= 0.6 is 15.9 Å². The SMILES string of the molecule is O=C(Oc1c(Br)cccc1[N+](=O)[O-])C1CC1. The summed E-state index contributed by atoms with van der Waals surface area (Å²) in [6.07, 6.45) is 1.61. The van der Waals surface area contributed by atoms with Gasteiger partial charge in [0.25, 0.3) is 0 Å². The first kappa shape index (κ1) is 11.1. The number of nitro groups is 1. The number of para-hydroxylation sites is 1. The Morgan fingerprint density at radius 3 is 2.75 bits per heavy atom. The van der Waals surface area contributed by atoms with Crippen molar-refractivity contribution in [3.05, 3.63) is 32.8 Å². The predicted molar refractivity (Wildman–Crippen MR) is 59.2 cm³/mol. The smallest absolute Gasteiger partial charge is 0.314 e. The lowest BCUT2D eigenvalue weighted by Crippen LogP contribution is -2.11. The third kappa shape index (κ3) is 2.21. The van der Waals surface area contributed by atoms with Gasteiger partial charge in [-0.1, -0.05) is 6.07 Å². The van der Waals surface area contributed by atoms with E-state index in [4.69, 9.17) is 4.74 Å².